The highest BCUT2D eigenvalue weighted by Crippen LogP contribution is 2.18. The van der Waals surface area contributed by atoms with Crippen molar-refractivity contribution in [2.45, 2.75) is 13.0 Å². The molecule has 1 unspecified atom stereocenters. The Morgan fingerprint density at radius 3 is 3.07 bits per heavy atom. The average molecular weight is 193 g/mol. The Hall–Kier alpha value is -1.29. The van der Waals surface area contributed by atoms with Crippen LogP contribution < -0.4 is 5.32 Å². The Morgan fingerprint density at radius 1 is 1.57 bits per heavy atom. The first kappa shape index (κ1) is 9.27. The predicted molar refractivity (Wildman–Crippen MR) is 53.8 cm³/mol. The number of aromatic amines is 1. The van der Waals surface area contributed by atoms with E-state index in [0.29, 0.717) is 6.54 Å². The zero-order valence-electron chi connectivity index (χ0n) is 8.29. The molecule has 4 nitrogen and oxygen atoms in total. The van der Waals surface area contributed by atoms with Gasteiger partial charge >= 0.3 is 0 Å². The minimum absolute atomic E-state index is 0.152. The van der Waals surface area contributed by atoms with Gasteiger partial charge in [0.1, 0.15) is 0 Å². The van der Waals surface area contributed by atoms with Crippen LogP contribution in [0.5, 0.6) is 0 Å². The number of nitrogens with zero attached hydrogens (tertiary/aromatic N) is 1. The largest absolute Gasteiger partial charge is 0.363 e. The van der Waals surface area contributed by atoms with Crippen molar-refractivity contribution < 1.29 is 4.79 Å². The third kappa shape index (κ3) is 1.65. The maximum absolute atomic E-state index is 11.6. The van der Waals surface area contributed by atoms with Gasteiger partial charge in [0.15, 0.2) is 0 Å². The molecule has 0 aromatic carbocycles. The summed E-state index contributed by atoms with van der Waals surface area (Å²) in [6.45, 7) is 4.19. The van der Waals surface area contributed by atoms with Gasteiger partial charge in [-0.05, 0) is 19.1 Å². The zero-order valence-corrected chi connectivity index (χ0v) is 8.29. The summed E-state index contributed by atoms with van der Waals surface area (Å²) in [6.07, 6.45) is 1.89. The topological polar surface area (TPSA) is 48.1 Å². The normalized spacial score (nSPS) is 19.8. The van der Waals surface area contributed by atoms with Gasteiger partial charge < -0.3 is 15.2 Å². The van der Waals surface area contributed by atoms with Crippen LogP contribution in [0.1, 0.15) is 18.7 Å². The second-order valence-electron chi connectivity index (χ2n) is 3.57. The van der Waals surface area contributed by atoms with Crippen molar-refractivity contribution in [3.63, 3.8) is 0 Å². The van der Waals surface area contributed by atoms with Crippen LogP contribution in [0.2, 0.25) is 0 Å². The van der Waals surface area contributed by atoms with Crippen LogP contribution in [-0.2, 0) is 4.79 Å². The lowest BCUT2D eigenvalue weighted by Crippen LogP contribution is -2.48. The third-order valence-corrected chi connectivity index (χ3v) is 2.67. The number of piperazine rings is 1. The van der Waals surface area contributed by atoms with E-state index in [9.17, 15) is 4.79 Å². The van der Waals surface area contributed by atoms with Crippen LogP contribution in [0, 0.1) is 0 Å². The molecular weight excluding hydrogens is 178 g/mol. The predicted octanol–water partition coefficient (Wildman–Crippen LogP) is 0.507. The van der Waals surface area contributed by atoms with Gasteiger partial charge in [0.05, 0.1) is 12.6 Å². The fourth-order valence-electron chi connectivity index (χ4n) is 1.80. The first-order valence-electron chi connectivity index (χ1n) is 4.92. The monoisotopic (exact) mass is 193 g/mol. The van der Waals surface area contributed by atoms with Gasteiger partial charge in [-0.3, -0.25) is 4.79 Å². The number of carbonyl (C=O) groups excluding carboxylic acids is 1. The van der Waals surface area contributed by atoms with Crippen molar-refractivity contribution in [2.75, 3.05) is 19.6 Å². The number of rotatable bonds is 2. The van der Waals surface area contributed by atoms with Gasteiger partial charge in [0.2, 0.25) is 5.91 Å². The fourth-order valence-corrected chi connectivity index (χ4v) is 1.80. The quantitative estimate of drug-likeness (QED) is 0.719. The highest BCUT2D eigenvalue weighted by Gasteiger charge is 2.23. The smallest absolute Gasteiger partial charge is 0.237 e. The van der Waals surface area contributed by atoms with Crippen LogP contribution in [0.15, 0.2) is 18.3 Å². The summed E-state index contributed by atoms with van der Waals surface area (Å²) < 4.78 is 0. The van der Waals surface area contributed by atoms with E-state index >= 15 is 0 Å². The Morgan fingerprint density at radius 2 is 2.43 bits per heavy atom. The molecule has 14 heavy (non-hydrogen) atoms. The van der Waals surface area contributed by atoms with Crippen LogP contribution in [0.25, 0.3) is 0 Å². The summed E-state index contributed by atoms with van der Waals surface area (Å²) in [7, 11) is 0. The SMILES string of the molecule is CC(c1ccc[nH]1)N1CCNCC1=O. The molecule has 1 saturated heterocycles. The Bertz CT molecular complexity index is 307. The third-order valence-electron chi connectivity index (χ3n) is 2.67. The average Bonchev–Trinajstić information content (AvgIpc) is 2.70. The molecular formula is C10H15N3O. The van der Waals surface area contributed by atoms with Crippen molar-refractivity contribution >= 4 is 5.91 Å². The number of aromatic nitrogens is 1. The lowest BCUT2D eigenvalue weighted by atomic mass is 10.2. The maximum Gasteiger partial charge on any atom is 0.237 e. The molecule has 2 heterocycles. The summed E-state index contributed by atoms with van der Waals surface area (Å²) in [5.41, 5.74) is 1.10. The molecule has 0 aliphatic carbocycles. The first-order chi connectivity index (χ1) is 6.79. The van der Waals surface area contributed by atoms with E-state index in [2.05, 4.69) is 17.2 Å². The summed E-state index contributed by atoms with van der Waals surface area (Å²) in [5, 5.41) is 3.06. The molecule has 0 saturated carbocycles. The number of carbonyl (C=O) groups is 1. The molecule has 2 rings (SSSR count). The van der Waals surface area contributed by atoms with Gasteiger partial charge in [-0.15, -0.1) is 0 Å². The molecule has 1 aliphatic rings. The highest BCUT2D eigenvalue weighted by molar-refractivity contribution is 5.79. The number of hydrogen-bond acceptors (Lipinski definition) is 2. The Kier molecular flexibility index (Phi) is 2.54. The molecule has 1 aromatic heterocycles. The van der Waals surface area contributed by atoms with Crippen LogP contribution in [0.3, 0.4) is 0 Å². The lowest BCUT2D eigenvalue weighted by molar-refractivity contribution is -0.134. The van der Waals surface area contributed by atoms with E-state index in [1.54, 1.807) is 0 Å². The molecule has 1 fully saturated rings. The number of nitrogens with one attached hydrogen (secondary N) is 2. The van der Waals surface area contributed by atoms with Crippen LogP contribution in [-0.4, -0.2) is 35.4 Å². The van der Waals surface area contributed by atoms with E-state index in [4.69, 9.17) is 0 Å². The van der Waals surface area contributed by atoms with Gasteiger partial charge in [-0.2, -0.15) is 0 Å². The molecule has 1 amide bonds. The van der Waals surface area contributed by atoms with Crippen molar-refractivity contribution in [1.29, 1.82) is 0 Å². The molecule has 0 spiro atoms. The van der Waals surface area contributed by atoms with E-state index in [1.807, 2.05) is 23.2 Å². The number of H-pyrrole nitrogens is 1. The first-order valence-corrected chi connectivity index (χ1v) is 4.92. The van der Waals surface area contributed by atoms with Gasteiger partial charge in [-0.1, -0.05) is 0 Å². The van der Waals surface area contributed by atoms with E-state index < -0.39 is 0 Å². The maximum atomic E-state index is 11.6. The Balaban J connectivity index is 2.10. The Labute approximate surface area is 83.3 Å². The van der Waals surface area contributed by atoms with Crippen molar-refractivity contribution in [2.24, 2.45) is 0 Å². The molecule has 2 N–H and O–H groups in total. The van der Waals surface area contributed by atoms with E-state index in [1.165, 1.54) is 0 Å². The van der Waals surface area contributed by atoms with E-state index in [-0.39, 0.29) is 11.9 Å². The second kappa shape index (κ2) is 3.84. The second-order valence-corrected chi connectivity index (χ2v) is 3.57. The summed E-state index contributed by atoms with van der Waals surface area (Å²) in [6, 6.07) is 4.12. The zero-order chi connectivity index (χ0) is 9.97. The summed E-state index contributed by atoms with van der Waals surface area (Å²) in [5.74, 6) is 0.179. The minimum Gasteiger partial charge on any atom is -0.363 e. The molecule has 1 atom stereocenters. The van der Waals surface area contributed by atoms with Gasteiger partial charge in [-0.25, -0.2) is 0 Å². The van der Waals surface area contributed by atoms with Crippen LogP contribution >= 0.6 is 0 Å². The molecule has 1 aliphatic heterocycles. The highest BCUT2D eigenvalue weighted by atomic mass is 16.2. The summed E-state index contributed by atoms with van der Waals surface area (Å²) >= 11 is 0. The molecule has 4 heteroatoms. The lowest BCUT2D eigenvalue weighted by Gasteiger charge is -2.32. The van der Waals surface area contributed by atoms with Crippen molar-refractivity contribution in [1.82, 2.24) is 15.2 Å². The van der Waals surface area contributed by atoms with E-state index in [0.717, 1.165) is 18.8 Å². The fraction of sp³-hybridized carbons (Fsp3) is 0.500. The minimum atomic E-state index is 0.152. The van der Waals surface area contributed by atoms with Gasteiger partial charge in [0, 0.05) is 25.0 Å². The summed E-state index contributed by atoms with van der Waals surface area (Å²) in [4.78, 5) is 16.6. The number of amides is 1. The molecule has 0 radical (unpaired) electrons. The molecule has 1 aromatic rings. The van der Waals surface area contributed by atoms with Crippen molar-refractivity contribution in [3.8, 4) is 0 Å². The van der Waals surface area contributed by atoms with Crippen molar-refractivity contribution in [3.05, 3.63) is 24.0 Å². The standard InChI is InChI=1S/C10H15N3O/c1-8(9-3-2-4-12-9)13-6-5-11-7-10(13)14/h2-4,8,11-12H,5-7H2,1H3. The molecule has 0 bridgehead atoms. The van der Waals surface area contributed by atoms with Gasteiger partial charge in [0.25, 0.3) is 0 Å². The van der Waals surface area contributed by atoms with Crippen LogP contribution in [0.4, 0.5) is 0 Å². The molecule has 76 valence electrons. The number of hydrogen-bond donors (Lipinski definition) is 2.